The van der Waals surface area contributed by atoms with E-state index >= 15 is 0 Å². The molecule has 1 amide bonds. The largest absolute Gasteiger partial charge is 0.458 e. The zero-order valence-corrected chi connectivity index (χ0v) is 14.0. The van der Waals surface area contributed by atoms with Gasteiger partial charge in [-0.1, -0.05) is 29.8 Å². The average Bonchev–Trinajstić information content (AvgIpc) is 3.22. The van der Waals surface area contributed by atoms with Crippen LogP contribution < -0.4 is 5.32 Å². The Kier molecular flexibility index (Phi) is 5.16. The molecule has 3 nitrogen and oxygen atoms in total. The van der Waals surface area contributed by atoms with Gasteiger partial charge >= 0.3 is 0 Å². The molecular weight excluding hydrogens is 330 g/mol. The van der Waals surface area contributed by atoms with Gasteiger partial charge in [0, 0.05) is 11.4 Å². The number of hydrogen-bond acceptors (Lipinski definition) is 3. The predicted octanol–water partition coefficient (Wildman–Crippen LogP) is 4.91. The van der Waals surface area contributed by atoms with Crippen molar-refractivity contribution in [2.24, 2.45) is 0 Å². The second-order valence-corrected chi connectivity index (χ2v) is 6.53. The Hall–Kier alpha value is -2.04. The van der Waals surface area contributed by atoms with Crippen LogP contribution in [0.15, 0.2) is 58.3 Å². The molecular formula is C18H16ClNO2S. The predicted molar refractivity (Wildman–Crippen MR) is 93.6 cm³/mol. The second-order valence-electron chi connectivity index (χ2n) is 5.15. The summed E-state index contributed by atoms with van der Waals surface area (Å²) in [4.78, 5) is 13.0. The van der Waals surface area contributed by atoms with Gasteiger partial charge < -0.3 is 9.73 Å². The van der Waals surface area contributed by atoms with Crippen LogP contribution in [0.25, 0.3) is 10.6 Å². The molecule has 3 rings (SSSR count). The van der Waals surface area contributed by atoms with Gasteiger partial charge in [-0.05, 0) is 47.7 Å². The number of aryl methyl sites for hydroxylation is 1. The molecule has 0 spiro atoms. The molecule has 0 aliphatic rings. The van der Waals surface area contributed by atoms with E-state index < -0.39 is 0 Å². The van der Waals surface area contributed by atoms with Crippen molar-refractivity contribution < 1.29 is 9.21 Å². The zero-order valence-electron chi connectivity index (χ0n) is 12.4. The van der Waals surface area contributed by atoms with E-state index in [2.05, 4.69) is 5.32 Å². The molecule has 5 heteroatoms. The standard InChI is InChI=1S/C18H16ClNO2S/c19-14-4-1-3-13(11-14)6-9-18(21)20-12-15-7-8-16(22-15)17-5-2-10-23-17/h1-5,7-8,10-11H,6,9,12H2,(H,20,21). The number of carbonyl (C=O) groups is 1. The van der Waals surface area contributed by atoms with E-state index in [4.69, 9.17) is 16.0 Å². The van der Waals surface area contributed by atoms with Crippen LogP contribution in [0.3, 0.4) is 0 Å². The zero-order chi connectivity index (χ0) is 16.1. The fourth-order valence-electron chi connectivity index (χ4n) is 2.25. The number of rotatable bonds is 6. The van der Waals surface area contributed by atoms with Gasteiger partial charge in [-0.2, -0.15) is 0 Å². The number of hydrogen-bond donors (Lipinski definition) is 1. The van der Waals surface area contributed by atoms with Gasteiger partial charge in [-0.3, -0.25) is 4.79 Å². The van der Waals surface area contributed by atoms with Gasteiger partial charge in [0.1, 0.15) is 11.5 Å². The van der Waals surface area contributed by atoms with E-state index in [0.717, 1.165) is 22.0 Å². The van der Waals surface area contributed by atoms with E-state index in [1.807, 2.05) is 53.9 Å². The van der Waals surface area contributed by atoms with Crippen LogP contribution >= 0.6 is 22.9 Å². The van der Waals surface area contributed by atoms with E-state index in [1.54, 1.807) is 11.3 Å². The maximum atomic E-state index is 11.9. The lowest BCUT2D eigenvalue weighted by molar-refractivity contribution is -0.121. The van der Waals surface area contributed by atoms with Gasteiger partial charge in [0.2, 0.25) is 5.91 Å². The second kappa shape index (κ2) is 7.49. The number of benzene rings is 1. The minimum Gasteiger partial charge on any atom is -0.458 e. The third kappa shape index (κ3) is 4.47. The van der Waals surface area contributed by atoms with Gasteiger partial charge in [-0.15, -0.1) is 11.3 Å². The van der Waals surface area contributed by atoms with Gasteiger partial charge in [-0.25, -0.2) is 0 Å². The Labute approximate surface area is 143 Å². The maximum absolute atomic E-state index is 11.9. The summed E-state index contributed by atoms with van der Waals surface area (Å²) in [6.45, 7) is 0.403. The molecule has 0 atom stereocenters. The summed E-state index contributed by atoms with van der Waals surface area (Å²) in [6.07, 6.45) is 1.10. The Bertz CT molecular complexity index is 780. The molecule has 0 bridgehead atoms. The molecule has 0 unspecified atom stereocenters. The summed E-state index contributed by atoms with van der Waals surface area (Å²) in [5.41, 5.74) is 1.06. The van der Waals surface area contributed by atoms with Crippen molar-refractivity contribution in [1.82, 2.24) is 5.32 Å². The molecule has 23 heavy (non-hydrogen) atoms. The van der Waals surface area contributed by atoms with Crippen LogP contribution in [-0.2, 0) is 17.8 Å². The molecule has 0 aliphatic carbocycles. The summed E-state index contributed by atoms with van der Waals surface area (Å²) >= 11 is 7.56. The Morgan fingerprint density at radius 1 is 1.17 bits per heavy atom. The Balaban J connectivity index is 1.47. The minimum absolute atomic E-state index is 0.000880. The van der Waals surface area contributed by atoms with Crippen molar-refractivity contribution in [3.05, 3.63) is 70.3 Å². The first-order valence-corrected chi connectivity index (χ1v) is 8.60. The number of halogens is 1. The van der Waals surface area contributed by atoms with Crippen molar-refractivity contribution in [2.45, 2.75) is 19.4 Å². The van der Waals surface area contributed by atoms with Gasteiger partial charge in [0.15, 0.2) is 0 Å². The van der Waals surface area contributed by atoms with E-state index in [9.17, 15) is 4.79 Å². The first kappa shape index (κ1) is 15.8. The van der Waals surface area contributed by atoms with E-state index in [-0.39, 0.29) is 5.91 Å². The van der Waals surface area contributed by atoms with Gasteiger partial charge in [0.05, 0.1) is 11.4 Å². The van der Waals surface area contributed by atoms with E-state index in [1.165, 1.54) is 0 Å². The molecule has 0 radical (unpaired) electrons. The molecule has 0 saturated carbocycles. The molecule has 3 aromatic rings. The lowest BCUT2D eigenvalue weighted by atomic mass is 10.1. The lowest BCUT2D eigenvalue weighted by Gasteiger charge is -2.04. The molecule has 0 fully saturated rings. The summed E-state index contributed by atoms with van der Waals surface area (Å²) in [6, 6.07) is 15.4. The molecule has 0 aliphatic heterocycles. The molecule has 2 heterocycles. The molecule has 118 valence electrons. The minimum atomic E-state index is -0.000880. The highest BCUT2D eigenvalue weighted by Crippen LogP contribution is 2.26. The van der Waals surface area contributed by atoms with Crippen LogP contribution in [0.4, 0.5) is 0 Å². The molecule has 2 aromatic heterocycles. The smallest absolute Gasteiger partial charge is 0.220 e. The highest BCUT2D eigenvalue weighted by atomic mass is 35.5. The number of carbonyl (C=O) groups excluding carboxylic acids is 1. The first-order chi connectivity index (χ1) is 11.2. The fraction of sp³-hybridized carbons (Fsp3) is 0.167. The van der Waals surface area contributed by atoms with Gasteiger partial charge in [0.25, 0.3) is 0 Å². The fourth-order valence-corrected chi connectivity index (χ4v) is 3.15. The van der Waals surface area contributed by atoms with Crippen LogP contribution in [0.1, 0.15) is 17.7 Å². The van der Waals surface area contributed by atoms with Crippen molar-refractivity contribution in [3.8, 4) is 10.6 Å². The normalized spacial score (nSPS) is 10.7. The first-order valence-electron chi connectivity index (χ1n) is 7.34. The summed E-state index contributed by atoms with van der Waals surface area (Å²) in [5.74, 6) is 1.59. The highest BCUT2D eigenvalue weighted by molar-refractivity contribution is 7.13. The summed E-state index contributed by atoms with van der Waals surface area (Å²) < 4.78 is 5.74. The van der Waals surface area contributed by atoms with Crippen LogP contribution in [0.5, 0.6) is 0 Å². The number of amides is 1. The Morgan fingerprint density at radius 2 is 2.09 bits per heavy atom. The third-order valence-electron chi connectivity index (χ3n) is 3.42. The monoisotopic (exact) mass is 345 g/mol. The average molecular weight is 346 g/mol. The highest BCUT2D eigenvalue weighted by Gasteiger charge is 2.07. The molecule has 1 aromatic carbocycles. The van der Waals surface area contributed by atoms with Crippen molar-refractivity contribution in [1.29, 1.82) is 0 Å². The molecule has 0 saturated heterocycles. The van der Waals surface area contributed by atoms with Crippen LogP contribution in [-0.4, -0.2) is 5.91 Å². The summed E-state index contributed by atoms with van der Waals surface area (Å²) in [7, 11) is 0. The van der Waals surface area contributed by atoms with Crippen LogP contribution in [0, 0.1) is 0 Å². The third-order valence-corrected chi connectivity index (χ3v) is 4.53. The molecule has 1 N–H and O–H groups in total. The van der Waals surface area contributed by atoms with Crippen molar-refractivity contribution in [2.75, 3.05) is 0 Å². The quantitative estimate of drug-likeness (QED) is 0.689. The van der Waals surface area contributed by atoms with Crippen molar-refractivity contribution in [3.63, 3.8) is 0 Å². The topological polar surface area (TPSA) is 42.2 Å². The Morgan fingerprint density at radius 3 is 2.87 bits per heavy atom. The van der Waals surface area contributed by atoms with Crippen molar-refractivity contribution >= 4 is 28.8 Å². The maximum Gasteiger partial charge on any atom is 0.220 e. The number of furan rings is 1. The summed E-state index contributed by atoms with van der Waals surface area (Å²) in [5, 5.41) is 5.58. The number of nitrogens with one attached hydrogen (secondary N) is 1. The van der Waals surface area contributed by atoms with Crippen LogP contribution in [0.2, 0.25) is 5.02 Å². The van der Waals surface area contributed by atoms with E-state index in [0.29, 0.717) is 24.4 Å². The lowest BCUT2D eigenvalue weighted by Crippen LogP contribution is -2.22. The SMILES string of the molecule is O=C(CCc1cccc(Cl)c1)NCc1ccc(-c2cccs2)o1. The number of thiophene rings is 1.